The van der Waals surface area contributed by atoms with Crippen LogP contribution < -0.4 is 5.73 Å². The van der Waals surface area contributed by atoms with Gasteiger partial charge >= 0.3 is 5.97 Å². The lowest BCUT2D eigenvalue weighted by Gasteiger charge is -2.11. The summed E-state index contributed by atoms with van der Waals surface area (Å²) in [4.78, 5) is 11.5. The fraction of sp³-hybridized carbons (Fsp3) is 0.417. The van der Waals surface area contributed by atoms with Crippen LogP contribution in [0.2, 0.25) is 0 Å². The fourth-order valence-electron chi connectivity index (χ4n) is 1.37. The van der Waals surface area contributed by atoms with Gasteiger partial charge in [0.05, 0.1) is 6.61 Å². The highest BCUT2D eigenvalue weighted by Gasteiger charge is 2.25. The van der Waals surface area contributed by atoms with E-state index in [1.165, 1.54) is 12.8 Å². The molecule has 3 nitrogen and oxygen atoms in total. The largest absolute Gasteiger partial charge is 0.464 e. The average molecular weight is 205 g/mol. The molecule has 0 aliphatic heterocycles. The number of carbonyl (C=O) groups excluding carboxylic acids is 1. The van der Waals surface area contributed by atoms with E-state index in [0.29, 0.717) is 12.5 Å². The average Bonchev–Trinajstić information content (AvgIpc) is 3.10. The first kappa shape index (κ1) is 10.2. The van der Waals surface area contributed by atoms with Gasteiger partial charge in [0.25, 0.3) is 0 Å². The fourth-order valence-corrected chi connectivity index (χ4v) is 1.37. The van der Waals surface area contributed by atoms with Crippen LogP contribution in [0.15, 0.2) is 30.3 Å². The van der Waals surface area contributed by atoms with E-state index < -0.39 is 6.04 Å². The normalized spacial score (nSPS) is 17.1. The molecule has 3 heteroatoms. The van der Waals surface area contributed by atoms with Crippen LogP contribution in [0.3, 0.4) is 0 Å². The Labute approximate surface area is 89.2 Å². The molecule has 0 radical (unpaired) electrons. The maximum absolute atomic E-state index is 11.5. The third kappa shape index (κ3) is 2.80. The molecule has 2 N–H and O–H groups in total. The Hall–Kier alpha value is -1.35. The SMILES string of the molecule is NC(C(=O)OCC1CC1)c1ccccc1. The van der Waals surface area contributed by atoms with Crippen molar-refractivity contribution in [3.63, 3.8) is 0 Å². The lowest BCUT2D eigenvalue weighted by Crippen LogP contribution is -2.24. The van der Waals surface area contributed by atoms with Gasteiger partial charge in [-0.25, -0.2) is 4.79 Å². The van der Waals surface area contributed by atoms with Gasteiger partial charge in [0, 0.05) is 0 Å². The van der Waals surface area contributed by atoms with Crippen molar-refractivity contribution in [1.82, 2.24) is 0 Å². The number of ether oxygens (including phenoxy) is 1. The molecule has 0 bridgehead atoms. The quantitative estimate of drug-likeness (QED) is 0.760. The van der Waals surface area contributed by atoms with Crippen molar-refractivity contribution >= 4 is 5.97 Å². The monoisotopic (exact) mass is 205 g/mol. The lowest BCUT2D eigenvalue weighted by atomic mass is 10.1. The standard InChI is InChI=1S/C12H15NO2/c13-11(10-4-2-1-3-5-10)12(14)15-8-9-6-7-9/h1-5,9,11H,6-8,13H2. The molecule has 1 aliphatic rings. The number of esters is 1. The summed E-state index contributed by atoms with van der Waals surface area (Å²) in [5, 5.41) is 0. The predicted octanol–water partition coefficient (Wildman–Crippen LogP) is 1.64. The summed E-state index contributed by atoms with van der Waals surface area (Å²) in [5.74, 6) is 0.255. The second kappa shape index (κ2) is 4.45. The molecule has 1 aliphatic carbocycles. The first-order chi connectivity index (χ1) is 7.27. The molecule has 0 spiro atoms. The zero-order chi connectivity index (χ0) is 10.7. The first-order valence-corrected chi connectivity index (χ1v) is 5.24. The van der Waals surface area contributed by atoms with Crippen LogP contribution in [0.25, 0.3) is 0 Å². The number of benzene rings is 1. The summed E-state index contributed by atoms with van der Waals surface area (Å²) in [6.45, 7) is 0.527. The minimum atomic E-state index is -0.648. The highest BCUT2D eigenvalue weighted by atomic mass is 16.5. The van der Waals surface area contributed by atoms with Crippen molar-refractivity contribution in [2.45, 2.75) is 18.9 Å². The van der Waals surface area contributed by atoms with Gasteiger partial charge in [-0.2, -0.15) is 0 Å². The molecule has 80 valence electrons. The Morgan fingerprint density at radius 2 is 2.07 bits per heavy atom. The lowest BCUT2D eigenvalue weighted by molar-refractivity contribution is -0.145. The predicted molar refractivity (Wildman–Crippen MR) is 57.1 cm³/mol. The maximum Gasteiger partial charge on any atom is 0.327 e. The number of nitrogens with two attached hydrogens (primary N) is 1. The van der Waals surface area contributed by atoms with E-state index in [4.69, 9.17) is 10.5 Å². The van der Waals surface area contributed by atoms with Crippen molar-refractivity contribution in [1.29, 1.82) is 0 Å². The Kier molecular flexibility index (Phi) is 3.02. The summed E-state index contributed by atoms with van der Waals surface area (Å²) in [6, 6.07) is 8.65. The summed E-state index contributed by atoms with van der Waals surface area (Å²) < 4.78 is 5.12. The minimum Gasteiger partial charge on any atom is -0.464 e. The van der Waals surface area contributed by atoms with Crippen LogP contribution >= 0.6 is 0 Å². The molecule has 2 rings (SSSR count). The van der Waals surface area contributed by atoms with Crippen LogP contribution in [0.5, 0.6) is 0 Å². The van der Waals surface area contributed by atoms with Crippen molar-refractivity contribution < 1.29 is 9.53 Å². The van der Waals surface area contributed by atoms with E-state index in [9.17, 15) is 4.79 Å². The molecular formula is C12H15NO2. The van der Waals surface area contributed by atoms with E-state index in [2.05, 4.69) is 0 Å². The molecule has 1 fully saturated rings. The molecule has 1 aromatic carbocycles. The van der Waals surface area contributed by atoms with Gasteiger partial charge < -0.3 is 10.5 Å². The number of hydrogen-bond acceptors (Lipinski definition) is 3. The van der Waals surface area contributed by atoms with Crippen LogP contribution in [-0.2, 0) is 9.53 Å². The summed E-state index contributed by atoms with van der Waals surface area (Å²) >= 11 is 0. The molecule has 15 heavy (non-hydrogen) atoms. The van der Waals surface area contributed by atoms with Crippen molar-refractivity contribution in [2.24, 2.45) is 11.7 Å². The topological polar surface area (TPSA) is 52.3 Å². The van der Waals surface area contributed by atoms with Crippen LogP contribution in [0.1, 0.15) is 24.4 Å². The Bertz CT molecular complexity index is 333. The number of hydrogen-bond donors (Lipinski definition) is 1. The van der Waals surface area contributed by atoms with Crippen molar-refractivity contribution in [3.8, 4) is 0 Å². The smallest absolute Gasteiger partial charge is 0.327 e. The van der Waals surface area contributed by atoms with Gasteiger partial charge in [0.1, 0.15) is 6.04 Å². The Morgan fingerprint density at radius 1 is 1.40 bits per heavy atom. The third-order valence-electron chi connectivity index (χ3n) is 2.57. The molecule has 1 aromatic rings. The van der Waals surface area contributed by atoms with Gasteiger partial charge in [0.15, 0.2) is 0 Å². The Morgan fingerprint density at radius 3 is 2.67 bits per heavy atom. The van der Waals surface area contributed by atoms with Crippen LogP contribution in [-0.4, -0.2) is 12.6 Å². The highest BCUT2D eigenvalue weighted by molar-refractivity contribution is 5.77. The molecular weight excluding hydrogens is 190 g/mol. The van der Waals surface area contributed by atoms with E-state index in [0.717, 1.165) is 5.56 Å². The molecule has 1 unspecified atom stereocenters. The van der Waals surface area contributed by atoms with E-state index in [-0.39, 0.29) is 5.97 Å². The van der Waals surface area contributed by atoms with Gasteiger partial charge in [0.2, 0.25) is 0 Å². The maximum atomic E-state index is 11.5. The van der Waals surface area contributed by atoms with E-state index in [1.807, 2.05) is 30.3 Å². The van der Waals surface area contributed by atoms with Crippen LogP contribution in [0, 0.1) is 5.92 Å². The second-order valence-electron chi connectivity index (χ2n) is 3.96. The summed E-state index contributed by atoms with van der Waals surface area (Å²) in [6.07, 6.45) is 2.35. The molecule has 1 saturated carbocycles. The zero-order valence-corrected chi connectivity index (χ0v) is 8.56. The van der Waals surface area contributed by atoms with E-state index in [1.54, 1.807) is 0 Å². The van der Waals surface area contributed by atoms with Crippen LogP contribution in [0.4, 0.5) is 0 Å². The molecule has 0 amide bonds. The minimum absolute atomic E-state index is 0.326. The summed E-state index contributed by atoms with van der Waals surface area (Å²) in [5.41, 5.74) is 6.57. The number of rotatable bonds is 4. The Balaban J connectivity index is 1.88. The summed E-state index contributed by atoms with van der Waals surface area (Å²) in [7, 11) is 0. The van der Waals surface area contributed by atoms with Gasteiger partial charge in [-0.05, 0) is 24.3 Å². The van der Waals surface area contributed by atoms with Crippen molar-refractivity contribution in [2.75, 3.05) is 6.61 Å². The third-order valence-corrected chi connectivity index (χ3v) is 2.57. The molecule has 0 saturated heterocycles. The first-order valence-electron chi connectivity index (χ1n) is 5.24. The molecule has 1 atom stereocenters. The van der Waals surface area contributed by atoms with Crippen molar-refractivity contribution in [3.05, 3.63) is 35.9 Å². The van der Waals surface area contributed by atoms with Gasteiger partial charge in [-0.3, -0.25) is 0 Å². The molecule has 0 aromatic heterocycles. The highest BCUT2D eigenvalue weighted by Crippen LogP contribution is 2.29. The zero-order valence-electron chi connectivity index (χ0n) is 8.56. The van der Waals surface area contributed by atoms with Gasteiger partial charge in [-0.15, -0.1) is 0 Å². The molecule has 0 heterocycles. The van der Waals surface area contributed by atoms with Gasteiger partial charge in [-0.1, -0.05) is 30.3 Å². The second-order valence-corrected chi connectivity index (χ2v) is 3.96. The van der Waals surface area contributed by atoms with E-state index >= 15 is 0 Å². The number of carbonyl (C=O) groups is 1.